The molecule has 0 saturated carbocycles. The van der Waals surface area contributed by atoms with Crippen LogP contribution in [0.4, 0.5) is 0 Å². The van der Waals surface area contributed by atoms with E-state index in [1.54, 1.807) is 11.3 Å². The van der Waals surface area contributed by atoms with Crippen molar-refractivity contribution < 1.29 is 9.53 Å². The summed E-state index contributed by atoms with van der Waals surface area (Å²) in [6, 6.07) is 10.1. The predicted octanol–water partition coefficient (Wildman–Crippen LogP) is 1.95. The van der Waals surface area contributed by atoms with Gasteiger partial charge in [0.25, 0.3) is 0 Å². The minimum atomic E-state index is -0.399. The molecule has 2 aromatic heterocycles. The lowest BCUT2D eigenvalue weighted by molar-refractivity contribution is -0.131. The fourth-order valence-corrected chi connectivity index (χ4v) is 4.64. The molecule has 6 heteroatoms. The van der Waals surface area contributed by atoms with Crippen LogP contribution in [0.15, 0.2) is 41.9 Å². The Morgan fingerprint density at radius 2 is 2.36 bits per heavy atom. The average Bonchev–Trinajstić information content (AvgIpc) is 3.32. The van der Waals surface area contributed by atoms with Crippen LogP contribution < -0.4 is 5.32 Å². The lowest BCUT2D eigenvalue weighted by Gasteiger charge is -2.26. The van der Waals surface area contributed by atoms with Gasteiger partial charge in [-0.05, 0) is 30.0 Å². The van der Waals surface area contributed by atoms with Crippen molar-refractivity contribution in [2.75, 3.05) is 32.8 Å². The molecule has 1 N–H and O–H groups in total. The van der Waals surface area contributed by atoms with E-state index in [9.17, 15) is 4.79 Å². The maximum Gasteiger partial charge on any atom is 0.230 e. The second kappa shape index (κ2) is 7.23. The van der Waals surface area contributed by atoms with Gasteiger partial charge in [0.2, 0.25) is 5.91 Å². The zero-order chi connectivity index (χ0) is 17.1. The number of rotatable bonds is 6. The van der Waals surface area contributed by atoms with Crippen LogP contribution in [-0.2, 0) is 22.5 Å². The highest BCUT2D eigenvalue weighted by Crippen LogP contribution is 2.41. The number of likely N-dealkylation sites (tertiary alicyclic amines) is 1. The van der Waals surface area contributed by atoms with Gasteiger partial charge in [0.05, 0.1) is 24.3 Å². The van der Waals surface area contributed by atoms with E-state index in [1.807, 2.05) is 30.5 Å². The third-order valence-corrected chi connectivity index (χ3v) is 6.18. The molecule has 4 heterocycles. The molecule has 0 bridgehead atoms. The highest BCUT2D eigenvalue weighted by molar-refractivity contribution is 7.09. The van der Waals surface area contributed by atoms with E-state index in [0.717, 1.165) is 31.7 Å². The zero-order valence-corrected chi connectivity index (χ0v) is 15.0. The van der Waals surface area contributed by atoms with Gasteiger partial charge in [0, 0.05) is 43.2 Å². The van der Waals surface area contributed by atoms with Gasteiger partial charge in [0.1, 0.15) is 0 Å². The summed E-state index contributed by atoms with van der Waals surface area (Å²) in [4.78, 5) is 21.0. The molecule has 2 saturated heterocycles. The van der Waals surface area contributed by atoms with Crippen molar-refractivity contribution in [2.24, 2.45) is 11.3 Å². The van der Waals surface area contributed by atoms with Gasteiger partial charge >= 0.3 is 0 Å². The standard InChI is InChI=1S/C19H23N3O2S/c23-18(21-8-6-17-5-3-9-25-17)19-13-22(10-15(19)12-24-14-19)11-16-4-1-2-7-20-16/h1-5,7,9,15H,6,8,10-14H2,(H,21,23)/t15-,19-/m1/s1. The number of amides is 1. The first kappa shape index (κ1) is 16.7. The van der Waals surface area contributed by atoms with Crippen molar-refractivity contribution >= 4 is 17.2 Å². The van der Waals surface area contributed by atoms with E-state index in [-0.39, 0.29) is 11.8 Å². The van der Waals surface area contributed by atoms with Gasteiger partial charge in [0.15, 0.2) is 0 Å². The lowest BCUT2D eigenvalue weighted by Crippen LogP contribution is -2.47. The van der Waals surface area contributed by atoms with E-state index in [1.165, 1.54) is 4.88 Å². The molecule has 5 nitrogen and oxygen atoms in total. The highest BCUT2D eigenvalue weighted by atomic mass is 32.1. The van der Waals surface area contributed by atoms with Gasteiger partial charge in [-0.25, -0.2) is 0 Å². The molecule has 2 fully saturated rings. The van der Waals surface area contributed by atoms with Crippen LogP contribution in [0.2, 0.25) is 0 Å². The van der Waals surface area contributed by atoms with Crippen LogP contribution in [0.3, 0.4) is 0 Å². The number of nitrogens with zero attached hydrogens (tertiary/aromatic N) is 2. The Morgan fingerprint density at radius 1 is 1.40 bits per heavy atom. The number of carbonyl (C=O) groups excluding carboxylic acids is 1. The van der Waals surface area contributed by atoms with E-state index < -0.39 is 5.41 Å². The Kier molecular flexibility index (Phi) is 4.83. The molecule has 1 amide bonds. The van der Waals surface area contributed by atoms with Crippen molar-refractivity contribution in [1.82, 2.24) is 15.2 Å². The smallest absolute Gasteiger partial charge is 0.230 e. The largest absolute Gasteiger partial charge is 0.380 e. The quantitative estimate of drug-likeness (QED) is 0.859. The van der Waals surface area contributed by atoms with Crippen LogP contribution in [0.5, 0.6) is 0 Å². The fraction of sp³-hybridized carbons (Fsp3) is 0.474. The number of aromatic nitrogens is 1. The summed E-state index contributed by atoms with van der Waals surface area (Å²) in [6.07, 6.45) is 2.71. The summed E-state index contributed by atoms with van der Waals surface area (Å²) in [5.74, 6) is 0.424. The van der Waals surface area contributed by atoms with Crippen LogP contribution >= 0.6 is 11.3 Å². The monoisotopic (exact) mass is 357 g/mol. The average molecular weight is 357 g/mol. The summed E-state index contributed by atoms with van der Waals surface area (Å²) in [6.45, 7) is 4.34. The molecular weight excluding hydrogens is 334 g/mol. The molecule has 0 spiro atoms. The van der Waals surface area contributed by atoms with E-state index in [0.29, 0.717) is 19.8 Å². The third-order valence-electron chi connectivity index (χ3n) is 5.25. The maximum atomic E-state index is 12.9. The number of thiophene rings is 1. The van der Waals surface area contributed by atoms with Crippen LogP contribution in [0.25, 0.3) is 0 Å². The van der Waals surface area contributed by atoms with Crippen molar-refractivity contribution in [3.8, 4) is 0 Å². The summed E-state index contributed by atoms with van der Waals surface area (Å²) >= 11 is 1.74. The van der Waals surface area contributed by atoms with E-state index >= 15 is 0 Å². The first-order chi connectivity index (χ1) is 12.3. The Morgan fingerprint density at radius 3 is 3.16 bits per heavy atom. The normalized spacial score (nSPS) is 25.8. The zero-order valence-electron chi connectivity index (χ0n) is 14.2. The molecule has 0 radical (unpaired) electrons. The molecule has 0 aliphatic carbocycles. The van der Waals surface area contributed by atoms with Crippen molar-refractivity contribution in [3.05, 3.63) is 52.5 Å². The summed E-state index contributed by atoms with van der Waals surface area (Å²) in [5.41, 5.74) is 0.654. The van der Waals surface area contributed by atoms with E-state index in [4.69, 9.17) is 4.74 Å². The Balaban J connectivity index is 1.37. The van der Waals surface area contributed by atoms with Gasteiger partial charge in [-0.1, -0.05) is 12.1 Å². The Labute approximate surface area is 152 Å². The molecule has 0 aromatic carbocycles. The number of carbonyl (C=O) groups is 1. The predicted molar refractivity (Wildman–Crippen MR) is 97.3 cm³/mol. The Bertz CT molecular complexity index is 707. The number of ether oxygens (including phenoxy) is 1. The minimum Gasteiger partial charge on any atom is -0.380 e. The highest BCUT2D eigenvalue weighted by Gasteiger charge is 2.55. The van der Waals surface area contributed by atoms with Crippen molar-refractivity contribution in [1.29, 1.82) is 0 Å². The van der Waals surface area contributed by atoms with Gasteiger partial charge < -0.3 is 10.1 Å². The molecule has 2 aliphatic heterocycles. The molecule has 2 atom stereocenters. The lowest BCUT2D eigenvalue weighted by atomic mass is 9.80. The first-order valence-corrected chi connectivity index (χ1v) is 9.65. The van der Waals surface area contributed by atoms with Gasteiger partial charge in [-0.15, -0.1) is 11.3 Å². The van der Waals surface area contributed by atoms with Crippen LogP contribution in [0, 0.1) is 11.3 Å². The second-order valence-electron chi connectivity index (χ2n) is 6.94. The maximum absolute atomic E-state index is 12.9. The minimum absolute atomic E-state index is 0.148. The number of pyridine rings is 1. The first-order valence-electron chi connectivity index (χ1n) is 8.77. The molecule has 0 unspecified atom stereocenters. The number of hydrogen-bond acceptors (Lipinski definition) is 5. The molecule has 4 rings (SSSR count). The number of hydrogen-bond donors (Lipinski definition) is 1. The summed E-state index contributed by atoms with van der Waals surface area (Å²) in [7, 11) is 0. The van der Waals surface area contributed by atoms with Crippen molar-refractivity contribution in [2.45, 2.75) is 13.0 Å². The van der Waals surface area contributed by atoms with Crippen LogP contribution in [-0.4, -0.2) is 48.6 Å². The van der Waals surface area contributed by atoms with Gasteiger partial charge in [-0.2, -0.15) is 0 Å². The molecule has 25 heavy (non-hydrogen) atoms. The summed E-state index contributed by atoms with van der Waals surface area (Å²) < 4.78 is 5.69. The van der Waals surface area contributed by atoms with Crippen molar-refractivity contribution in [3.63, 3.8) is 0 Å². The topological polar surface area (TPSA) is 54.5 Å². The van der Waals surface area contributed by atoms with Crippen LogP contribution in [0.1, 0.15) is 10.6 Å². The fourth-order valence-electron chi connectivity index (χ4n) is 3.93. The summed E-state index contributed by atoms with van der Waals surface area (Å²) in [5, 5.41) is 5.23. The molecule has 2 aliphatic rings. The number of fused-ring (bicyclic) bond motifs is 1. The SMILES string of the molecule is O=C(NCCc1cccs1)[C@]12COC[C@H]1CN(Cc1ccccn1)C2. The van der Waals surface area contributed by atoms with Gasteiger partial charge in [-0.3, -0.25) is 14.7 Å². The molecule has 132 valence electrons. The molecule has 2 aromatic rings. The second-order valence-corrected chi connectivity index (χ2v) is 7.98. The number of nitrogens with one attached hydrogen (secondary N) is 1. The van der Waals surface area contributed by atoms with E-state index in [2.05, 4.69) is 26.6 Å². The molecular formula is C19H23N3O2S. The third kappa shape index (κ3) is 3.47. The Hall–Kier alpha value is -1.76.